The molecular formula is C34H30. The Morgan fingerprint density at radius 3 is 1.76 bits per heavy atom. The van der Waals surface area contributed by atoms with Crippen molar-refractivity contribution in [2.75, 3.05) is 0 Å². The number of hydrogen-bond acceptors (Lipinski definition) is 0. The molecule has 0 bridgehead atoms. The molecule has 34 heavy (non-hydrogen) atoms. The van der Waals surface area contributed by atoms with Gasteiger partial charge in [0.05, 0.1) is 0 Å². The lowest BCUT2D eigenvalue weighted by Gasteiger charge is -2.52. The van der Waals surface area contributed by atoms with E-state index in [1.165, 1.54) is 49.7 Å². The van der Waals surface area contributed by atoms with Crippen molar-refractivity contribution in [1.82, 2.24) is 0 Å². The number of benzene rings is 4. The van der Waals surface area contributed by atoms with Gasteiger partial charge in [-0.05, 0) is 62.6 Å². The summed E-state index contributed by atoms with van der Waals surface area (Å²) in [4.78, 5) is 0. The van der Waals surface area contributed by atoms with Crippen LogP contribution in [-0.4, -0.2) is 0 Å². The summed E-state index contributed by atoms with van der Waals surface area (Å²) in [6.07, 6.45) is 0. The molecule has 2 aliphatic carbocycles. The van der Waals surface area contributed by atoms with Gasteiger partial charge in [-0.2, -0.15) is 0 Å². The molecule has 0 amide bonds. The maximum absolute atomic E-state index is 4.78. The van der Waals surface area contributed by atoms with Gasteiger partial charge < -0.3 is 0 Å². The number of rotatable bonds is 2. The van der Waals surface area contributed by atoms with Crippen molar-refractivity contribution in [3.05, 3.63) is 150 Å². The second kappa shape index (κ2) is 7.99. The minimum absolute atomic E-state index is 0.130. The van der Waals surface area contributed by atoms with Crippen LogP contribution in [-0.2, 0) is 0 Å². The first-order valence-electron chi connectivity index (χ1n) is 12.3. The monoisotopic (exact) mass is 438 g/mol. The van der Waals surface area contributed by atoms with Gasteiger partial charge in [0.2, 0.25) is 0 Å². The van der Waals surface area contributed by atoms with Gasteiger partial charge in [-0.25, -0.2) is 0 Å². The van der Waals surface area contributed by atoms with Crippen molar-refractivity contribution in [2.24, 2.45) is 11.8 Å². The summed E-state index contributed by atoms with van der Waals surface area (Å²) in [6.45, 7) is 16.5. The third-order valence-corrected chi connectivity index (χ3v) is 8.33. The van der Waals surface area contributed by atoms with Crippen LogP contribution < -0.4 is 0 Å². The normalized spacial score (nSPS) is 26.3. The average Bonchev–Trinajstić information content (AvgIpc) is 2.87. The van der Waals surface area contributed by atoms with Crippen LogP contribution in [0.2, 0.25) is 0 Å². The van der Waals surface area contributed by atoms with E-state index in [0.717, 1.165) is 0 Å². The highest BCUT2D eigenvalue weighted by Gasteiger charge is 2.50. The molecule has 4 aromatic rings. The van der Waals surface area contributed by atoms with E-state index in [9.17, 15) is 0 Å². The molecule has 0 saturated heterocycles. The van der Waals surface area contributed by atoms with E-state index in [2.05, 4.69) is 111 Å². The van der Waals surface area contributed by atoms with Gasteiger partial charge in [-0.15, -0.1) is 0 Å². The lowest BCUT2D eigenvalue weighted by Crippen LogP contribution is -2.39. The first kappa shape index (κ1) is 20.9. The molecule has 6 rings (SSSR count). The molecule has 0 aromatic heterocycles. The molecule has 4 aromatic carbocycles. The Kier molecular flexibility index (Phi) is 4.92. The topological polar surface area (TPSA) is 0 Å². The maximum Gasteiger partial charge on any atom is 0.0264 e. The van der Waals surface area contributed by atoms with Crippen molar-refractivity contribution >= 4 is 16.3 Å². The Balaban J connectivity index is 1.62. The summed E-state index contributed by atoms with van der Waals surface area (Å²) in [5.74, 6) is 1.30. The fourth-order valence-corrected chi connectivity index (χ4v) is 6.71. The molecule has 5 unspecified atom stereocenters. The Morgan fingerprint density at radius 1 is 0.588 bits per heavy atom. The molecule has 0 radical (unpaired) electrons. The molecule has 0 aliphatic heterocycles. The molecule has 1 fully saturated rings. The van der Waals surface area contributed by atoms with E-state index < -0.39 is 0 Å². The van der Waals surface area contributed by atoms with Gasteiger partial charge in [-0.3, -0.25) is 0 Å². The first-order valence-corrected chi connectivity index (χ1v) is 12.3. The Morgan fingerprint density at radius 2 is 1.12 bits per heavy atom. The predicted octanol–water partition coefficient (Wildman–Crippen LogP) is 8.90. The Labute approximate surface area is 203 Å². The summed E-state index contributed by atoms with van der Waals surface area (Å²) < 4.78 is 0. The Bertz CT molecular complexity index is 1420. The number of fused-ring (bicyclic) bond motifs is 4. The van der Waals surface area contributed by atoms with Crippen LogP contribution in [0.5, 0.6) is 0 Å². The Hall–Kier alpha value is -3.64. The highest BCUT2D eigenvalue weighted by molar-refractivity contribution is 5.89. The molecule has 5 atom stereocenters. The second-order valence-corrected chi connectivity index (χ2v) is 10.0. The van der Waals surface area contributed by atoms with Crippen molar-refractivity contribution in [1.29, 1.82) is 0 Å². The molecular weight excluding hydrogens is 408 g/mol. The SMILES string of the molecule is C=C1c2cc3ccccc3cc2C2C(=C)C(c3ccccc3)C(=C)C(c3ccccc3)C2C1C. The molecule has 0 nitrogen and oxygen atoms in total. The van der Waals surface area contributed by atoms with E-state index in [-0.39, 0.29) is 17.8 Å². The van der Waals surface area contributed by atoms with Crippen molar-refractivity contribution in [2.45, 2.75) is 24.7 Å². The smallest absolute Gasteiger partial charge is 0.0264 e. The van der Waals surface area contributed by atoms with Crippen molar-refractivity contribution < 1.29 is 0 Å². The standard InChI is InChI=1S/C34H30/c1-21-22(2)34-32(26-15-9-6-10-16-26)23(3)31(25-13-7-5-8-14-25)24(4)33(34)30-20-28-18-12-11-17-27(28)19-29(21)30/h5-20,22,31-34H,1,3-4H2,2H3. The summed E-state index contributed by atoms with van der Waals surface area (Å²) in [7, 11) is 0. The van der Waals surface area contributed by atoms with E-state index >= 15 is 0 Å². The first-order chi connectivity index (χ1) is 16.6. The van der Waals surface area contributed by atoms with Gasteiger partial charge in [0.1, 0.15) is 0 Å². The van der Waals surface area contributed by atoms with E-state index in [0.29, 0.717) is 11.8 Å². The third kappa shape index (κ3) is 3.06. The third-order valence-electron chi connectivity index (χ3n) is 8.33. The van der Waals surface area contributed by atoms with Crippen LogP contribution in [0.3, 0.4) is 0 Å². The van der Waals surface area contributed by atoms with Crippen LogP contribution in [0.15, 0.2) is 128 Å². The average molecular weight is 439 g/mol. The molecule has 166 valence electrons. The number of hydrogen-bond donors (Lipinski definition) is 0. The number of allylic oxidation sites excluding steroid dienone is 3. The minimum Gasteiger partial charge on any atom is -0.0983 e. The van der Waals surface area contributed by atoms with Crippen LogP contribution in [0.1, 0.15) is 46.9 Å². The fourth-order valence-electron chi connectivity index (χ4n) is 6.71. The van der Waals surface area contributed by atoms with Gasteiger partial charge in [0.15, 0.2) is 0 Å². The second-order valence-electron chi connectivity index (χ2n) is 10.0. The maximum atomic E-state index is 4.78. The largest absolute Gasteiger partial charge is 0.0983 e. The highest BCUT2D eigenvalue weighted by Crippen LogP contribution is 2.63. The summed E-state index contributed by atoms with van der Waals surface area (Å²) in [5.41, 5.74) is 9.08. The molecule has 0 N–H and O–H groups in total. The molecule has 0 spiro atoms. The van der Waals surface area contributed by atoms with Gasteiger partial charge >= 0.3 is 0 Å². The van der Waals surface area contributed by atoms with E-state index in [1.54, 1.807) is 0 Å². The summed E-state index contributed by atoms with van der Waals surface area (Å²) >= 11 is 0. The lowest BCUT2D eigenvalue weighted by atomic mass is 9.51. The van der Waals surface area contributed by atoms with Crippen molar-refractivity contribution in [3.63, 3.8) is 0 Å². The fraction of sp³-hybridized carbons (Fsp3) is 0.176. The molecule has 2 aliphatic rings. The summed E-state index contributed by atoms with van der Waals surface area (Å²) in [5, 5.41) is 2.56. The van der Waals surface area contributed by atoms with Crippen LogP contribution in [0, 0.1) is 11.8 Å². The zero-order valence-electron chi connectivity index (χ0n) is 19.7. The van der Waals surface area contributed by atoms with Gasteiger partial charge in [0, 0.05) is 17.8 Å². The molecule has 0 heteroatoms. The minimum atomic E-state index is 0.130. The van der Waals surface area contributed by atoms with Crippen LogP contribution in [0.25, 0.3) is 16.3 Å². The van der Waals surface area contributed by atoms with Crippen LogP contribution in [0.4, 0.5) is 0 Å². The van der Waals surface area contributed by atoms with Crippen molar-refractivity contribution in [3.8, 4) is 0 Å². The quantitative estimate of drug-likeness (QED) is 0.274. The molecule has 0 heterocycles. The van der Waals surface area contributed by atoms with Gasteiger partial charge in [-0.1, -0.05) is 123 Å². The zero-order valence-corrected chi connectivity index (χ0v) is 19.7. The summed E-state index contributed by atoms with van der Waals surface area (Å²) in [6, 6.07) is 35.2. The van der Waals surface area contributed by atoms with Gasteiger partial charge in [0.25, 0.3) is 0 Å². The van der Waals surface area contributed by atoms with E-state index in [4.69, 9.17) is 13.2 Å². The highest BCUT2D eigenvalue weighted by atomic mass is 14.5. The zero-order chi connectivity index (χ0) is 23.4. The van der Waals surface area contributed by atoms with Crippen LogP contribution >= 0.6 is 0 Å². The molecule has 1 saturated carbocycles. The van der Waals surface area contributed by atoms with E-state index in [1.807, 2.05) is 0 Å². The lowest BCUT2D eigenvalue weighted by molar-refractivity contribution is 0.294. The predicted molar refractivity (Wildman–Crippen MR) is 145 cm³/mol.